The molecule has 0 saturated carbocycles. The number of carbonyl (C=O) groups excluding carboxylic acids is 2. The summed E-state index contributed by atoms with van der Waals surface area (Å²) in [5.41, 5.74) is 1.29. The predicted molar refractivity (Wildman–Crippen MR) is 83.6 cm³/mol. The van der Waals surface area contributed by atoms with Gasteiger partial charge in [-0.05, 0) is 19.1 Å². The van der Waals surface area contributed by atoms with E-state index in [4.69, 9.17) is 0 Å². The fourth-order valence-electron chi connectivity index (χ4n) is 1.97. The van der Waals surface area contributed by atoms with Crippen molar-refractivity contribution < 1.29 is 9.59 Å². The molecule has 112 valence electrons. The molecule has 0 saturated heterocycles. The quantitative estimate of drug-likeness (QED) is 0.849. The van der Waals surface area contributed by atoms with E-state index in [-0.39, 0.29) is 18.2 Å². The van der Waals surface area contributed by atoms with Crippen molar-refractivity contribution in [2.75, 3.05) is 13.6 Å². The van der Waals surface area contributed by atoms with E-state index in [0.29, 0.717) is 10.6 Å². The third-order valence-corrected chi connectivity index (χ3v) is 4.12. The first-order valence-corrected chi connectivity index (χ1v) is 7.55. The average Bonchev–Trinajstić information content (AvgIpc) is 2.94. The summed E-state index contributed by atoms with van der Waals surface area (Å²) in [6.45, 7) is 1.69. The molecule has 1 unspecified atom stereocenters. The molecule has 1 aromatic heterocycles. The van der Waals surface area contributed by atoms with Gasteiger partial charge >= 0.3 is 0 Å². The molecule has 0 fully saturated rings. The zero-order valence-corrected chi connectivity index (χ0v) is 13.1. The van der Waals surface area contributed by atoms with Crippen LogP contribution in [0.5, 0.6) is 0 Å². The van der Waals surface area contributed by atoms with Crippen molar-refractivity contribution in [3.63, 3.8) is 0 Å². The van der Waals surface area contributed by atoms with Crippen LogP contribution in [0.15, 0.2) is 35.7 Å². The van der Waals surface area contributed by atoms with E-state index in [1.54, 1.807) is 36.7 Å². The molecular weight excluding hydrogens is 298 g/mol. The highest BCUT2D eigenvalue weighted by Crippen LogP contribution is 2.21. The zero-order chi connectivity index (χ0) is 16.1. The monoisotopic (exact) mass is 313 g/mol. The number of thiazole rings is 1. The van der Waals surface area contributed by atoms with Crippen molar-refractivity contribution in [2.24, 2.45) is 0 Å². The second kappa shape index (κ2) is 6.96. The molecule has 0 aliphatic heterocycles. The summed E-state index contributed by atoms with van der Waals surface area (Å²) < 4.78 is 0. The lowest BCUT2D eigenvalue weighted by Gasteiger charge is -2.17. The molecule has 0 bridgehead atoms. The van der Waals surface area contributed by atoms with E-state index in [2.05, 4.69) is 4.98 Å². The average molecular weight is 313 g/mol. The first-order valence-electron chi connectivity index (χ1n) is 6.67. The second-order valence-electron chi connectivity index (χ2n) is 4.88. The molecule has 1 aromatic carbocycles. The van der Waals surface area contributed by atoms with Crippen LogP contribution in [-0.4, -0.2) is 35.2 Å². The second-order valence-corrected chi connectivity index (χ2v) is 5.77. The van der Waals surface area contributed by atoms with Gasteiger partial charge in [0.05, 0.1) is 12.6 Å². The summed E-state index contributed by atoms with van der Waals surface area (Å²) in [5, 5.41) is 11.5. The van der Waals surface area contributed by atoms with Crippen LogP contribution in [0.2, 0.25) is 0 Å². The van der Waals surface area contributed by atoms with Gasteiger partial charge in [0.2, 0.25) is 0 Å². The molecule has 0 spiro atoms. The highest BCUT2D eigenvalue weighted by atomic mass is 32.1. The standard InChI is InChI=1S/C16H15N3O2S/c1-11-10-22-15(18-11)13(8-17)14(20)9-19(2)16(21)12-6-4-3-5-7-12/h3-7,10,13H,9H2,1-2H3. The summed E-state index contributed by atoms with van der Waals surface area (Å²) >= 11 is 1.28. The maximum absolute atomic E-state index is 12.3. The van der Waals surface area contributed by atoms with Crippen LogP contribution < -0.4 is 0 Å². The summed E-state index contributed by atoms with van der Waals surface area (Å²) in [5.74, 6) is -1.51. The molecule has 1 heterocycles. The Labute approximate surface area is 132 Å². The van der Waals surface area contributed by atoms with Gasteiger partial charge < -0.3 is 4.90 Å². The third kappa shape index (κ3) is 3.57. The van der Waals surface area contributed by atoms with Crippen molar-refractivity contribution in [3.8, 4) is 6.07 Å². The maximum atomic E-state index is 12.3. The highest BCUT2D eigenvalue weighted by Gasteiger charge is 2.25. The van der Waals surface area contributed by atoms with Crippen molar-refractivity contribution in [1.29, 1.82) is 5.26 Å². The van der Waals surface area contributed by atoms with Gasteiger partial charge in [-0.1, -0.05) is 18.2 Å². The molecule has 0 radical (unpaired) electrons. The number of rotatable bonds is 5. The van der Waals surface area contributed by atoms with Gasteiger partial charge in [0.15, 0.2) is 11.7 Å². The Bertz CT molecular complexity index is 718. The molecule has 0 N–H and O–H groups in total. The molecule has 1 amide bonds. The predicted octanol–water partition coefficient (Wildman–Crippen LogP) is 2.40. The number of aryl methyl sites for hydroxylation is 1. The van der Waals surface area contributed by atoms with Crippen LogP contribution in [0, 0.1) is 18.3 Å². The molecule has 0 aliphatic rings. The summed E-state index contributed by atoms with van der Waals surface area (Å²) in [6, 6.07) is 10.7. The van der Waals surface area contributed by atoms with Gasteiger partial charge in [-0.15, -0.1) is 11.3 Å². The van der Waals surface area contributed by atoms with Crippen molar-refractivity contribution in [1.82, 2.24) is 9.88 Å². The van der Waals surface area contributed by atoms with Crippen molar-refractivity contribution >= 4 is 23.0 Å². The van der Waals surface area contributed by atoms with E-state index >= 15 is 0 Å². The topological polar surface area (TPSA) is 74.1 Å². The van der Waals surface area contributed by atoms with Crippen LogP contribution in [0.1, 0.15) is 27.0 Å². The van der Waals surface area contributed by atoms with Gasteiger partial charge in [0, 0.05) is 23.7 Å². The van der Waals surface area contributed by atoms with Gasteiger partial charge in [-0.3, -0.25) is 9.59 Å². The Morgan fingerprint density at radius 2 is 2.05 bits per heavy atom. The Hall–Kier alpha value is -2.52. The van der Waals surface area contributed by atoms with Gasteiger partial charge in [-0.25, -0.2) is 4.98 Å². The highest BCUT2D eigenvalue weighted by molar-refractivity contribution is 7.09. The SMILES string of the molecule is Cc1csc(C(C#N)C(=O)CN(C)C(=O)c2ccccc2)n1. The number of hydrogen-bond donors (Lipinski definition) is 0. The minimum atomic E-state index is -0.926. The summed E-state index contributed by atoms with van der Waals surface area (Å²) in [6.07, 6.45) is 0. The lowest BCUT2D eigenvalue weighted by atomic mass is 10.1. The fraction of sp³-hybridized carbons (Fsp3) is 0.250. The molecule has 5 nitrogen and oxygen atoms in total. The Balaban J connectivity index is 2.07. The van der Waals surface area contributed by atoms with Gasteiger partial charge in [0.1, 0.15) is 5.01 Å². The molecule has 2 aromatic rings. The first-order chi connectivity index (χ1) is 10.5. The van der Waals surface area contributed by atoms with E-state index < -0.39 is 5.92 Å². The number of carbonyl (C=O) groups is 2. The number of nitrogens with zero attached hydrogens (tertiary/aromatic N) is 3. The molecular formula is C16H15N3O2S. The number of hydrogen-bond acceptors (Lipinski definition) is 5. The van der Waals surface area contributed by atoms with E-state index in [0.717, 1.165) is 5.69 Å². The van der Waals surface area contributed by atoms with Gasteiger partial charge in [0.25, 0.3) is 5.91 Å². The number of aromatic nitrogens is 1. The van der Waals surface area contributed by atoms with Crippen LogP contribution in [0.4, 0.5) is 0 Å². The van der Waals surface area contributed by atoms with E-state index in [9.17, 15) is 14.9 Å². The van der Waals surface area contributed by atoms with E-state index in [1.807, 2.05) is 19.1 Å². The maximum Gasteiger partial charge on any atom is 0.253 e. The zero-order valence-electron chi connectivity index (χ0n) is 12.3. The number of likely N-dealkylation sites (N-methyl/N-ethyl adjacent to an activating group) is 1. The van der Waals surface area contributed by atoms with Crippen molar-refractivity contribution in [2.45, 2.75) is 12.8 Å². The first kappa shape index (κ1) is 15.9. The Morgan fingerprint density at radius 3 is 2.59 bits per heavy atom. The number of nitriles is 1. The molecule has 22 heavy (non-hydrogen) atoms. The Morgan fingerprint density at radius 1 is 1.36 bits per heavy atom. The largest absolute Gasteiger partial charge is 0.334 e. The van der Waals surface area contributed by atoms with Crippen LogP contribution >= 0.6 is 11.3 Å². The fourth-order valence-corrected chi connectivity index (χ4v) is 2.83. The Kier molecular flexibility index (Phi) is 5.02. The van der Waals surface area contributed by atoms with Gasteiger partial charge in [-0.2, -0.15) is 5.26 Å². The molecule has 2 rings (SSSR count). The minimum absolute atomic E-state index is 0.120. The lowest BCUT2D eigenvalue weighted by Crippen LogP contribution is -2.34. The molecule has 6 heteroatoms. The number of benzene rings is 1. The number of ketones is 1. The van der Waals surface area contributed by atoms with E-state index in [1.165, 1.54) is 16.2 Å². The normalized spacial score (nSPS) is 11.5. The smallest absolute Gasteiger partial charge is 0.253 e. The lowest BCUT2D eigenvalue weighted by molar-refractivity contribution is -0.119. The summed E-state index contributed by atoms with van der Waals surface area (Å²) in [4.78, 5) is 30.0. The molecule has 1 atom stereocenters. The van der Waals surface area contributed by atoms with Crippen LogP contribution in [0.3, 0.4) is 0 Å². The van der Waals surface area contributed by atoms with Crippen LogP contribution in [0.25, 0.3) is 0 Å². The number of amides is 1. The van der Waals surface area contributed by atoms with Crippen molar-refractivity contribution in [3.05, 3.63) is 52.0 Å². The molecule has 0 aliphatic carbocycles. The number of Topliss-reactive ketones (excluding diaryl/α,β-unsaturated/α-hetero) is 1. The summed E-state index contributed by atoms with van der Waals surface area (Å²) in [7, 11) is 1.55. The minimum Gasteiger partial charge on any atom is -0.334 e. The van der Waals surface area contributed by atoms with Crippen LogP contribution in [-0.2, 0) is 4.79 Å². The third-order valence-electron chi connectivity index (χ3n) is 3.10.